The molecule has 7 heteroatoms. The van der Waals surface area contributed by atoms with Gasteiger partial charge in [-0.1, -0.05) is 35.0 Å². The van der Waals surface area contributed by atoms with Crippen LogP contribution in [0.3, 0.4) is 0 Å². The van der Waals surface area contributed by atoms with Crippen molar-refractivity contribution in [3.05, 3.63) is 70.1 Å². The van der Waals surface area contributed by atoms with E-state index in [0.29, 0.717) is 30.0 Å². The van der Waals surface area contributed by atoms with Crippen LogP contribution in [0.2, 0.25) is 0 Å². The molecule has 0 unspecified atom stereocenters. The molecule has 2 aromatic heterocycles. The molecular formula is C22H25BrN4O2. The Bertz CT molecular complexity index is 1020. The van der Waals surface area contributed by atoms with Crippen LogP contribution in [0.1, 0.15) is 37.6 Å². The van der Waals surface area contributed by atoms with E-state index in [0.717, 1.165) is 15.6 Å². The molecule has 4 N–H and O–H groups in total. The number of benzene rings is 1. The Balaban J connectivity index is 1.81. The van der Waals surface area contributed by atoms with Gasteiger partial charge in [-0.2, -0.15) is 5.10 Å². The maximum absolute atomic E-state index is 12.1. The van der Waals surface area contributed by atoms with Gasteiger partial charge >= 0.3 is 0 Å². The fraction of sp³-hybridized carbons (Fsp3) is 0.364. The quantitative estimate of drug-likeness (QED) is 0.472. The SMILES string of the molecule is CC(C)(O)c1cc(-c2cncc([C@@](O)(c3ccc(Br)cc3)C3(C)CNC3)c2)n[nH]1. The summed E-state index contributed by atoms with van der Waals surface area (Å²) in [6.07, 6.45) is 3.44. The molecule has 29 heavy (non-hydrogen) atoms. The minimum absolute atomic E-state index is 0.370. The van der Waals surface area contributed by atoms with Crippen LogP contribution < -0.4 is 5.32 Å². The molecule has 3 aromatic rings. The zero-order chi connectivity index (χ0) is 20.9. The summed E-state index contributed by atoms with van der Waals surface area (Å²) in [5.74, 6) is 0. The largest absolute Gasteiger partial charge is 0.384 e. The molecule has 3 heterocycles. The molecule has 0 spiro atoms. The zero-order valence-corrected chi connectivity index (χ0v) is 18.3. The zero-order valence-electron chi connectivity index (χ0n) is 16.7. The molecule has 152 valence electrons. The lowest BCUT2D eigenvalue weighted by Gasteiger charge is -2.52. The van der Waals surface area contributed by atoms with E-state index >= 15 is 0 Å². The lowest BCUT2D eigenvalue weighted by atomic mass is 9.63. The smallest absolute Gasteiger partial charge is 0.124 e. The van der Waals surface area contributed by atoms with Crippen molar-refractivity contribution < 1.29 is 10.2 Å². The van der Waals surface area contributed by atoms with Crippen molar-refractivity contribution >= 4 is 15.9 Å². The van der Waals surface area contributed by atoms with E-state index in [1.54, 1.807) is 26.2 Å². The third kappa shape index (κ3) is 3.42. The number of halogens is 1. The normalized spacial score (nSPS) is 18.1. The van der Waals surface area contributed by atoms with Crippen molar-refractivity contribution in [1.29, 1.82) is 0 Å². The highest BCUT2D eigenvalue weighted by Gasteiger charge is 2.53. The Hall–Kier alpha value is -2.06. The van der Waals surface area contributed by atoms with Crippen molar-refractivity contribution in [1.82, 2.24) is 20.5 Å². The van der Waals surface area contributed by atoms with Gasteiger partial charge in [-0.05, 0) is 43.7 Å². The lowest BCUT2D eigenvalue weighted by Crippen LogP contribution is -2.63. The molecule has 1 saturated heterocycles. The van der Waals surface area contributed by atoms with E-state index in [1.165, 1.54) is 0 Å². The maximum Gasteiger partial charge on any atom is 0.124 e. The van der Waals surface area contributed by atoms with E-state index < -0.39 is 11.2 Å². The molecule has 0 aliphatic carbocycles. The van der Waals surface area contributed by atoms with E-state index in [9.17, 15) is 10.2 Å². The number of nitrogens with one attached hydrogen (secondary N) is 2. The number of rotatable bonds is 5. The van der Waals surface area contributed by atoms with Crippen molar-refractivity contribution in [3.8, 4) is 11.3 Å². The molecule has 1 atom stereocenters. The number of hydrogen-bond acceptors (Lipinski definition) is 5. The van der Waals surface area contributed by atoms with Crippen molar-refractivity contribution in [2.45, 2.75) is 32.0 Å². The van der Waals surface area contributed by atoms with Gasteiger partial charge in [-0.25, -0.2) is 0 Å². The number of aromatic nitrogens is 3. The van der Waals surface area contributed by atoms with Crippen LogP contribution in [0.4, 0.5) is 0 Å². The Morgan fingerprint density at radius 3 is 2.28 bits per heavy atom. The molecule has 1 aliphatic heterocycles. The van der Waals surface area contributed by atoms with Gasteiger partial charge in [0.2, 0.25) is 0 Å². The third-order valence-electron chi connectivity index (χ3n) is 5.85. The first-order valence-corrected chi connectivity index (χ1v) is 10.4. The molecule has 1 fully saturated rings. The molecule has 0 radical (unpaired) electrons. The Kier molecular flexibility index (Phi) is 4.90. The molecular weight excluding hydrogens is 432 g/mol. The van der Waals surface area contributed by atoms with Crippen LogP contribution in [0, 0.1) is 5.41 Å². The number of pyridine rings is 1. The summed E-state index contributed by atoms with van der Waals surface area (Å²) in [5.41, 5.74) is 1.02. The fourth-order valence-corrected chi connectivity index (χ4v) is 4.14. The topological polar surface area (TPSA) is 94.1 Å². The second kappa shape index (κ2) is 7.02. The maximum atomic E-state index is 12.1. The fourth-order valence-electron chi connectivity index (χ4n) is 3.87. The first-order valence-electron chi connectivity index (χ1n) is 9.57. The summed E-state index contributed by atoms with van der Waals surface area (Å²) in [5, 5.41) is 32.8. The molecule has 0 amide bonds. The number of aromatic amines is 1. The highest BCUT2D eigenvalue weighted by atomic mass is 79.9. The predicted octanol–water partition coefficient (Wildman–Crippen LogP) is 3.31. The van der Waals surface area contributed by atoms with E-state index in [2.05, 4.69) is 43.4 Å². The lowest BCUT2D eigenvalue weighted by molar-refractivity contribution is -0.0769. The molecule has 1 aromatic carbocycles. The summed E-state index contributed by atoms with van der Waals surface area (Å²) in [7, 11) is 0. The predicted molar refractivity (Wildman–Crippen MR) is 115 cm³/mol. The average Bonchev–Trinajstić information content (AvgIpc) is 3.17. The van der Waals surface area contributed by atoms with E-state index in [-0.39, 0.29) is 5.41 Å². The second-order valence-corrected chi connectivity index (χ2v) is 9.49. The van der Waals surface area contributed by atoms with Gasteiger partial charge in [0.15, 0.2) is 0 Å². The summed E-state index contributed by atoms with van der Waals surface area (Å²) < 4.78 is 0.961. The van der Waals surface area contributed by atoms with Crippen LogP contribution in [0.5, 0.6) is 0 Å². The van der Waals surface area contributed by atoms with Crippen LogP contribution in [-0.4, -0.2) is 38.5 Å². The van der Waals surface area contributed by atoms with E-state index in [1.807, 2.05) is 36.4 Å². The summed E-state index contributed by atoms with van der Waals surface area (Å²) in [6, 6.07) is 11.5. The van der Waals surface area contributed by atoms with Crippen LogP contribution in [-0.2, 0) is 11.2 Å². The Morgan fingerprint density at radius 1 is 1.03 bits per heavy atom. The van der Waals surface area contributed by atoms with Crippen LogP contribution in [0.15, 0.2) is 53.3 Å². The van der Waals surface area contributed by atoms with Crippen molar-refractivity contribution in [2.75, 3.05) is 13.1 Å². The Labute approximate surface area is 178 Å². The van der Waals surface area contributed by atoms with Gasteiger partial charge in [0.05, 0.1) is 11.4 Å². The third-order valence-corrected chi connectivity index (χ3v) is 6.38. The van der Waals surface area contributed by atoms with Crippen molar-refractivity contribution in [2.24, 2.45) is 5.41 Å². The van der Waals surface area contributed by atoms with Gasteiger partial charge < -0.3 is 15.5 Å². The van der Waals surface area contributed by atoms with Crippen molar-refractivity contribution in [3.63, 3.8) is 0 Å². The van der Waals surface area contributed by atoms with Crippen LogP contribution >= 0.6 is 15.9 Å². The molecule has 0 bridgehead atoms. The molecule has 0 saturated carbocycles. The highest BCUT2D eigenvalue weighted by molar-refractivity contribution is 9.10. The summed E-state index contributed by atoms with van der Waals surface area (Å²) in [4.78, 5) is 4.41. The number of H-pyrrole nitrogens is 1. The molecule has 6 nitrogen and oxygen atoms in total. The standard InChI is InChI=1S/C22H25BrN4O2/c1-20(2,28)19-9-18(26-27-19)14-8-16(11-24-10-14)22(29,21(3)12-25-13-21)15-4-6-17(23)7-5-15/h4-11,25,28-29H,12-13H2,1-3H3,(H,26,27)/t22-/m0/s1. The monoisotopic (exact) mass is 456 g/mol. The van der Waals surface area contributed by atoms with Gasteiger partial charge in [-0.15, -0.1) is 0 Å². The number of nitrogens with zero attached hydrogens (tertiary/aromatic N) is 2. The first kappa shape index (κ1) is 20.2. The average molecular weight is 457 g/mol. The number of hydrogen-bond donors (Lipinski definition) is 4. The summed E-state index contributed by atoms with van der Waals surface area (Å²) >= 11 is 3.47. The minimum atomic E-state index is -1.21. The second-order valence-electron chi connectivity index (χ2n) is 8.57. The highest BCUT2D eigenvalue weighted by Crippen LogP contribution is 2.48. The summed E-state index contributed by atoms with van der Waals surface area (Å²) in [6.45, 7) is 6.90. The van der Waals surface area contributed by atoms with Gasteiger partial charge in [0.1, 0.15) is 11.2 Å². The van der Waals surface area contributed by atoms with E-state index in [4.69, 9.17) is 0 Å². The Morgan fingerprint density at radius 2 is 1.72 bits per heavy atom. The minimum Gasteiger partial charge on any atom is -0.384 e. The van der Waals surface area contributed by atoms with Crippen LogP contribution in [0.25, 0.3) is 11.3 Å². The number of aliphatic hydroxyl groups is 2. The molecule has 1 aliphatic rings. The van der Waals surface area contributed by atoms with Gasteiger partial charge in [-0.3, -0.25) is 10.1 Å². The van der Waals surface area contributed by atoms with Gasteiger partial charge in [0, 0.05) is 46.5 Å². The van der Waals surface area contributed by atoms with Gasteiger partial charge in [0.25, 0.3) is 0 Å². The molecule has 4 rings (SSSR count). The first-order chi connectivity index (χ1) is 13.6.